The van der Waals surface area contributed by atoms with Crippen LogP contribution in [0.25, 0.3) is 5.82 Å². The van der Waals surface area contributed by atoms with Gasteiger partial charge in [-0.05, 0) is 36.1 Å². The van der Waals surface area contributed by atoms with E-state index in [0.717, 1.165) is 43.9 Å². The topological polar surface area (TPSA) is 50.1 Å². The summed E-state index contributed by atoms with van der Waals surface area (Å²) in [7, 11) is 0. The Bertz CT molecular complexity index is 963. The summed E-state index contributed by atoms with van der Waals surface area (Å²) in [6.07, 6.45) is 5.14. The van der Waals surface area contributed by atoms with Gasteiger partial charge in [-0.3, -0.25) is 4.90 Å². The molecule has 2 atom stereocenters. The highest BCUT2D eigenvalue weighted by Crippen LogP contribution is 2.34. The molecule has 0 spiro atoms. The van der Waals surface area contributed by atoms with Crippen molar-refractivity contribution in [1.82, 2.24) is 24.6 Å². The molecule has 8 heteroatoms. The lowest BCUT2D eigenvalue weighted by molar-refractivity contribution is 0.303. The summed E-state index contributed by atoms with van der Waals surface area (Å²) in [5, 5.41) is 4.22. The van der Waals surface area contributed by atoms with Gasteiger partial charge in [-0.1, -0.05) is 0 Å². The number of fused-ring (bicyclic) bond motifs is 1. The maximum absolute atomic E-state index is 13.9. The van der Waals surface area contributed by atoms with Crippen LogP contribution in [0.4, 0.5) is 14.6 Å². The molecule has 2 aliphatic heterocycles. The van der Waals surface area contributed by atoms with E-state index >= 15 is 0 Å². The molecular weight excluding hydrogens is 362 g/mol. The maximum atomic E-state index is 13.9. The minimum absolute atomic E-state index is 0.341. The van der Waals surface area contributed by atoms with E-state index in [-0.39, 0.29) is 5.82 Å². The van der Waals surface area contributed by atoms with Gasteiger partial charge in [-0.2, -0.15) is 5.10 Å². The second-order valence-corrected chi connectivity index (χ2v) is 7.54. The Morgan fingerprint density at radius 2 is 1.75 bits per heavy atom. The minimum Gasteiger partial charge on any atom is -0.356 e. The molecule has 0 N–H and O–H groups in total. The monoisotopic (exact) mass is 382 g/mol. The molecule has 3 aromatic rings. The van der Waals surface area contributed by atoms with Crippen LogP contribution in [-0.4, -0.2) is 50.8 Å². The standard InChI is InChI=1S/C20H20F2N6/c21-17-2-3-18(22)14(6-17)8-26-9-15-11-27(12-16(15)10-26)19-7-20(24-13-23-19)28-5-1-4-25-28/h1-7,13,15-16H,8-12H2. The molecular formula is C20H20F2N6. The van der Waals surface area contributed by atoms with Crippen LogP contribution in [0.15, 0.2) is 49.1 Å². The number of halogens is 2. The van der Waals surface area contributed by atoms with Crippen LogP contribution in [-0.2, 0) is 6.54 Å². The van der Waals surface area contributed by atoms with Gasteiger partial charge in [0.15, 0.2) is 5.82 Å². The predicted molar refractivity (Wildman–Crippen MR) is 100.0 cm³/mol. The van der Waals surface area contributed by atoms with Crippen molar-refractivity contribution in [2.24, 2.45) is 11.8 Å². The predicted octanol–water partition coefficient (Wildman–Crippen LogP) is 2.51. The fourth-order valence-electron chi connectivity index (χ4n) is 4.35. The zero-order valence-electron chi connectivity index (χ0n) is 15.2. The van der Waals surface area contributed by atoms with Crippen molar-refractivity contribution in [1.29, 1.82) is 0 Å². The molecule has 6 nitrogen and oxygen atoms in total. The third-order valence-electron chi connectivity index (χ3n) is 5.66. The molecule has 0 amide bonds. The summed E-state index contributed by atoms with van der Waals surface area (Å²) in [4.78, 5) is 13.2. The first-order chi connectivity index (χ1) is 13.7. The van der Waals surface area contributed by atoms with Gasteiger partial charge < -0.3 is 4.90 Å². The summed E-state index contributed by atoms with van der Waals surface area (Å²) in [6, 6.07) is 7.48. The van der Waals surface area contributed by atoms with Crippen LogP contribution in [0.3, 0.4) is 0 Å². The Morgan fingerprint density at radius 1 is 0.964 bits per heavy atom. The summed E-state index contributed by atoms with van der Waals surface area (Å²) in [6.45, 7) is 4.03. The number of hydrogen-bond acceptors (Lipinski definition) is 5. The van der Waals surface area contributed by atoms with E-state index in [1.165, 1.54) is 12.1 Å². The van der Waals surface area contributed by atoms with Gasteiger partial charge in [0.1, 0.15) is 23.8 Å². The first kappa shape index (κ1) is 17.2. The van der Waals surface area contributed by atoms with Crippen LogP contribution in [0, 0.1) is 23.5 Å². The number of nitrogens with zero attached hydrogens (tertiary/aromatic N) is 6. The van der Waals surface area contributed by atoms with E-state index in [1.807, 2.05) is 18.3 Å². The van der Waals surface area contributed by atoms with Crippen LogP contribution >= 0.6 is 0 Å². The Kier molecular flexibility index (Phi) is 4.27. The van der Waals surface area contributed by atoms with Gasteiger partial charge in [-0.25, -0.2) is 23.4 Å². The summed E-state index contributed by atoms with van der Waals surface area (Å²) in [5.74, 6) is 1.92. The smallest absolute Gasteiger partial charge is 0.158 e. The zero-order chi connectivity index (χ0) is 19.1. The molecule has 4 heterocycles. The van der Waals surface area contributed by atoms with Crippen molar-refractivity contribution in [2.45, 2.75) is 6.54 Å². The number of anilines is 1. The highest BCUT2D eigenvalue weighted by Gasteiger charge is 2.40. The van der Waals surface area contributed by atoms with E-state index < -0.39 is 5.82 Å². The van der Waals surface area contributed by atoms with Gasteiger partial charge >= 0.3 is 0 Å². The highest BCUT2D eigenvalue weighted by atomic mass is 19.1. The number of hydrogen-bond donors (Lipinski definition) is 0. The van der Waals surface area contributed by atoms with E-state index in [4.69, 9.17) is 0 Å². The van der Waals surface area contributed by atoms with Gasteiger partial charge in [-0.15, -0.1) is 0 Å². The first-order valence-corrected chi connectivity index (χ1v) is 9.39. The average Bonchev–Trinajstić information content (AvgIpc) is 3.41. The number of aromatic nitrogens is 4. The summed E-state index contributed by atoms with van der Waals surface area (Å²) in [5.41, 5.74) is 0.427. The fourth-order valence-corrected chi connectivity index (χ4v) is 4.35. The molecule has 2 saturated heterocycles. The molecule has 2 unspecified atom stereocenters. The highest BCUT2D eigenvalue weighted by molar-refractivity contribution is 5.44. The van der Waals surface area contributed by atoms with E-state index in [9.17, 15) is 8.78 Å². The molecule has 0 aliphatic carbocycles. The number of benzene rings is 1. The van der Waals surface area contributed by atoms with E-state index in [0.29, 0.717) is 23.9 Å². The third-order valence-corrected chi connectivity index (χ3v) is 5.66. The van der Waals surface area contributed by atoms with Crippen LogP contribution in [0.5, 0.6) is 0 Å². The van der Waals surface area contributed by atoms with Crippen molar-refractivity contribution < 1.29 is 8.78 Å². The quantitative estimate of drug-likeness (QED) is 0.694. The Balaban J connectivity index is 1.25. The molecule has 144 valence electrons. The van der Waals surface area contributed by atoms with Gasteiger partial charge in [0, 0.05) is 56.7 Å². The molecule has 2 fully saturated rings. The summed E-state index contributed by atoms with van der Waals surface area (Å²) >= 11 is 0. The molecule has 0 radical (unpaired) electrons. The second kappa shape index (κ2) is 6.94. The number of rotatable bonds is 4. The Hall–Kier alpha value is -2.87. The van der Waals surface area contributed by atoms with E-state index in [1.54, 1.807) is 17.2 Å². The zero-order valence-corrected chi connectivity index (χ0v) is 15.2. The SMILES string of the molecule is Fc1ccc(F)c(CN2CC3CN(c4cc(-n5cccn5)ncn4)CC3C2)c1. The van der Waals surface area contributed by atoms with Crippen molar-refractivity contribution in [2.75, 3.05) is 31.1 Å². The third kappa shape index (κ3) is 3.24. The van der Waals surface area contributed by atoms with Gasteiger partial charge in [0.05, 0.1) is 0 Å². The van der Waals surface area contributed by atoms with Crippen molar-refractivity contribution in [3.8, 4) is 5.82 Å². The lowest BCUT2D eigenvalue weighted by atomic mass is 10.0. The van der Waals surface area contributed by atoms with Crippen LogP contribution in [0.1, 0.15) is 5.56 Å². The molecule has 0 saturated carbocycles. The van der Waals surface area contributed by atoms with Crippen LogP contribution in [0.2, 0.25) is 0 Å². The minimum atomic E-state index is -0.390. The molecule has 2 aromatic heterocycles. The van der Waals surface area contributed by atoms with Gasteiger partial charge in [0.25, 0.3) is 0 Å². The Morgan fingerprint density at radius 3 is 2.50 bits per heavy atom. The van der Waals surface area contributed by atoms with Crippen molar-refractivity contribution >= 4 is 5.82 Å². The first-order valence-electron chi connectivity index (χ1n) is 9.39. The van der Waals surface area contributed by atoms with Crippen molar-refractivity contribution in [3.05, 3.63) is 66.3 Å². The fraction of sp³-hybridized carbons (Fsp3) is 0.350. The molecule has 2 aliphatic rings. The molecule has 0 bridgehead atoms. The number of likely N-dealkylation sites (tertiary alicyclic amines) is 1. The van der Waals surface area contributed by atoms with Crippen LogP contribution < -0.4 is 4.90 Å². The second-order valence-electron chi connectivity index (χ2n) is 7.54. The average molecular weight is 382 g/mol. The molecule has 28 heavy (non-hydrogen) atoms. The van der Waals surface area contributed by atoms with Gasteiger partial charge in [0.2, 0.25) is 0 Å². The van der Waals surface area contributed by atoms with Crippen molar-refractivity contribution in [3.63, 3.8) is 0 Å². The maximum Gasteiger partial charge on any atom is 0.158 e. The normalized spacial score (nSPS) is 22.0. The Labute approximate surface area is 161 Å². The summed E-state index contributed by atoms with van der Waals surface area (Å²) < 4.78 is 29.1. The molecule has 1 aromatic carbocycles. The largest absolute Gasteiger partial charge is 0.356 e. The van der Waals surface area contributed by atoms with E-state index in [2.05, 4.69) is 24.9 Å². The lowest BCUT2D eigenvalue weighted by Gasteiger charge is -2.22. The molecule has 5 rings (SSSR count). The lowest BCUT2D eigenvalue weighted by Crippen LogP contribution is -2.29.